The summed E-state index contributed by atoms with van der Waals surface area (Å²) >= 11 is 13.6. The molecule has 0 radical (unpaired) electrons. The van der Waals surface area contributed by atoms with E-state index in [9.17, 15) is 4.79 Å². The molecule has 2 rings (SSSR count). The Hall–Kier alpha value is 0.540. The van der Waals surface area contributed by atoms with E-state index >= 15 is 0 Å². The van der Waals surface area contributed by atoms with Crippen molar-refractivity contribution in [2.75, 3.05) is 12.4 Å². The summed E-state index contributed by atoms with van der Waals surface area (Å²) in [7, 11) is 0.811. The van der Waals surface area contributed by atoms with Gasteiger partial charge in [0.25, 0.3) is 0 Å². The predicted molar refractivity (Wildman–Crippen MR) is 71.9 cm³/mol. The van der Waals surface area contributed by atoms with Crippen LogP contribution < -0.4 is 5.04 Å². The van der Waals surface area contributed by atoms with Gasteiger partial charge in [-0.25, -0.2) is 4.79 Å². The molecule has 88 valence electrons. The molecule has 2 heterocycles. The minimum atomic E-state index is -1.17. The van der Waals surface area contributed by atoms with E-state index in [1.165, 1.54) is 0 Å². The Balaban J connectivity index is 2.40. The summed E-state index contributed by atoms with van der Waals surface area (Å²) in [5, 5.41) is 2.02. The summed E-state index contributed by atoms with van der Waals surface area (Å²) in [4.78, 5) is 11.7. The van der Waals surface area contributed by atoms with Crippen LogP contribution in [0.5, 0.6) is 0 Å². The third kappa shape index (κ3) is 2.37. The van der Waals surface area contributed by atoms with E-state index in [0.717, 1.165) is 30.6 Å². The molecule has 1 aliphatic rings. The van der Waals surface area contributed by atoms with E-state index in [0.29, 0.717) is 12.0 Å². The van der Waals surface area contributed by atoms with Crippen LogP contribution in [0.25, 0.3) is 0 Å². The maximum atomic E-state index is 11.7. The van der Waals surface area contributed by atoms with Crippen molar-refractivity contribution in [3.8, 4) is 0 Å². The molecule has 1 aliphatic heterocycles. The lowest BCUT2D eigenvalue weighted by Crippen LogP contribution is -2.10. The van der Waals surface area contributed by atoms with E-state index in [-0.39, 0.29) is 5.97 Å². The highest BCUT2D eigenvalue weighted by atomic mass is 35.9. The van der Waals surface area contributed by atoms with Gasteiger partial charge in [0.05, 0.1) is 16.7 Å². The zero-order chi connectivity index (χ0) is 11.7. The normalized spacial score (nSPS) is 14.8. The topological polar surface area (TPSA) is 31.2 Å². The molecule has 8 heteroatoms. The molecule has 0 N–H and O–H groups in total. The molecule has 0 aromatic carbocycles. The lowest BCUT2D eigenvalue weighted by atomic mass is 10.6. The molecule has 0 bridgehead atoms. The van der Waals surface area contributed by atoms with Crippen molar-refractivity contribution in [2.45, 2.75) is 18.5 Å². The van der Waals surface area contributed by atoms with Crippen molar-refractivity contribution in [3.05, 3.63) is 5.43 Å². The highest BCUT2D eigenvalue weighted by Gasteiger charge is 2.28. The van der Waals surface area contributed by atoms with Crippen LogP contribution in [-0.4, -0.2) is 22.9 Å². The van der Waals surface area contributed by atoms with Gasteiger partial charge in [-0.05, 0) is 15.1 Å². The molecule has 1 aromatic heterocycles. The van der Waals surface area contributed by atoms with Gasteiger partial charge in [-0.2, -0.15) is 0 Å². The summed E-state index contributed by atoms with van der Waals surface area (Å²) in [6, 6.07) is 0. The van der Waals surface area contributed by atoms with Gasteiger partial charge in [0.1, 0.15) is 6.63 Å². The fourth-order valence-electron chi connectivity index (χ4n) is 1.47. The molecule has 0 unspecified atom stereocenters. The van der Waals surface area contributed by atoms with Crippen LogP contribution in [0.3, 0.4) is 0 Å². The Morgan fingerprint density at radius 1 is 1.69 bits per heavy atom. The Labute approximate surface area is 110 Å². The van der Waals surface area contributed by atoms with Crippen LogP contribution in [0, 0.1) is 0 Å². The third-order valence-corrected chi connectivity index (χ3v) is 7.68. The maximum Gasteiger partial charge on any atom is 0.359 e. The summed E-state index contributed by atoms with van der Waals surface area (Å²) in [5.41, 5.74) is 0.658. The number of hydrogen-bond donors (Lipinski definition) is 0. The Morgan fingerprint density at radius 3 is 3.06 bits per heavy atom. The number of aromatic nitrogens is 1. The number of hydrogen-bond acceptors (Lipinski definition) is 3. The Kier molecular flexibility index (Phi) is 4.43. The maximum absolute atomic E-state index is 11.7. The average Bonchev–Trinajstić information content (AvgIpc) is 2.76. The van der Waals surface area contributed by atoms with Crippen molar-refractivity contribution in [1.29, 1.82) is 0 Å². The predicted octanol–water partition coefficient (Wildman–Crippen LogP) is 3.77. The van der Waals surface area contributed by atoms with Crippen LogP contribution in [-0.2, 0) is 11.3 Å². The Bertz CT molecular complexity index is 424. The number of rotatable bonds is 3. The lowest BCUT2D eigenvalue weighted by molar-refractivity contribution is 0.0519. The van der Waals surface area contributed by atoms with Gasteiger partial charge < -0.3 is 9.30 Å². The fourth-order valence-corrected chi connectivity index (χ4v) is 6.48. The van der Waals surface area contributed by atoms with Crippen molar-refractivity contribution in [3.63, 3.8) is 0 Å². The molecule has 0 saturated carbocycles. The van der Waals surface area contributed by atoms with E-state index in [2.05, 4.69) is 0 Å². The van der Waals surface area contributed by atoms with Gasteiger partial charge in [0.15, 0.2) is 5.43 Å². The van der Waals surface area contributed by atoms with E-state index < -0.39 is 6.63 Å². The number of carbonyl (C=O) groups excluding carboxylic acids is 1. The summed E-state index contributed by atoms with van der Waals surface area (Å²) in [5.74, 6) is 0.707. The number of fused-ring (bicyclic) bond motifs is 1. The molecule has 16 heavy (non-hydrogen) atoms. The third-order valence-electron chi connectivity index (χ3n) is 2.08. The molecule has 1 aromatic rings. The number of ether oxygens (including phenoxy) is 1. The number of carbonyl (C=O) groups is 1. The number of thioether (sulfide) groups is 1. The van der Waals surface area contributed by atoms with Gasteiger partial charge in [-0.1, -0.05) is 22.5 Å². The fraction of sp³-hybridized carbons (Fsp3) is 0.500. The minimum absolute atomic E-state index is 0.260. The zero-order valence-corrected chi connectivity index (χ0v) is 12.6. The summed E-state index contributed by atoms with van der Waals surface area (Å²) < 4.78 is 7.01. The van der Waals surface area contributed by atoms with Gasteiger partial charge >= 0.3 is 5.97 Å². The molecule has 0 atom stereocenters. The first kappa shape index (κ1) is 13.0. The van der Waals surface area contributed by atoms with Crippen molar-refractivity contribution in [2.24, 2.45) is 0 Å². The smallest absolute Gasteiger partial charge is 0.359 e. The lowest BCUT2D eigenvalue weighted by Gasteiger charge is -2.03. The van der Waals surface area contributed by atoms with Crippen LogP contribution in [0.2, 0.25) is 0 Å². The number of nitrogens with zero attached hydrogens (tertiary/aromatic N) is 1. The molecule has 0 aliphatic carbocycles. The molecule has 3 nitrogen and oxygen atoms in total. The van der Waals surface area contributed by atoms with Crippen LogP contribution >= 0.6 is 49.1 Å². The van der Waals surface area contributed by atoms with E-state index in [1.54, 1.807) is 18.7 Å². The van der Waals surface area contributed by atoms with Gasteiger partial charge in [0, 0.05) is 12.3 Å². The van der Waals surface area contributed by atoms with Gasteiger partial charge in [-0.3, -0.25) is 0 Å². The van der Waals surface area contributed by atoms with Crippen LogP contribution in [0.4, 0.5) is 0 Å². The molecular weight excluding hydrogens is 307 g/mol. The van der Waals surface area contributed by atoms with Crippen molar-refractivity contribution in [1.82, 2.24) is 4.57 Å². The largest absolute Gasteiger partial charge is 0.461 e. The monoisotopic (exact) mass is 315 g/mol. The highest BCUT2D eigenvalue weighted by molar-refractivity contribution is 8.12. The Morgan fingerprint density at radius 2 is 2.44 bits per heavy atom. The molecule has 0 spiro atoms. The second-order valence-corrected chi connectivity index (χ2v) is 9.01. The number of halogens is 2. The number of esters is 1. The minimum Gasteiger partial charge on any atom is -0.461 e. The first-order valence-electron chi connectivity index (χ1n) is 4.67. The molecule has 0 amide bonds. The van der Waals surface area contributed by atoms with Crippen molar-refractivity contribution < 1.29 is 9.53 Å². The van der Waals surface area contributed by atoms with E-state index in [1.807, 2.05) is 4.57 Å². The van der Waals surface area contributed by atoms with E-state index in [4.69, 9.17) is 27.2 Å². The second kappa shape index (κ2) is 5.46. The van der Waals surface area contributed by atoms with Gasteiger partial charge in [0.2, 0.25) is 0 Å². The average molecular weight is 316 g/mol. The SMILES string of the molecule is CCOC(=O)c1pc(P(Cl)Cl)c2n1CCS2. The van der Waals surface area contributed by atoms with Crippen molar-refractivity contribution >= 4 is 60.1 Å². The molecule has 0 fully saturated rings. The zero-order valence-electron chi connectivity index (χ0n) is 8.44. The second-order valence-electron chi connectivity index (χ2n) is 3.02. The summed E-state index contributed by atoms with van der Waals surface area (Å²) in [6.07, 6.45) is 0. The van der Waals surface area contributed by atoms with Gasteiger partial charge in [-0.15, -0.1) is 11.8 Å². The standard InChI is InChI=1S/C8H9Cl2NO2P2S/c1-2-13-7(12)5-11-3-4-16-6(11)8(14-5)15(9)10/h2-4H2,1H3. The first-order valence-corrected chi connectivity index (χ1v) is 9.70. The first-order chi connectivity index (χ1) is 7.65. The molecule has 0 saturated heterocycles. The molecular formula is C8H9Cl2NO2P2S. The quantitative estimate of drug-likeness (QED) is 0.628. The summed E-state index contributed by atoms with van der Waals surface area (Å²) in [6.45, 7) is 1.85. The van der Waals surface area contributed by atoms with Crippen LogP contribution in [0.1, 0.15) is 17.1 Å². The van der Waals surface area contributed by atoms with Crippen LogP contribution in [0.15, 0.2) is 5.03 Å². The highest BCUT2D eigenvalue weighted by Crippen LogP contribution is 2.52.